The fourth-order valence-electron chi connectivity index (χ4n) is 2.79. The third-order valence-electron chi connectivity index (χ3n) is 4.32. The number of aliphatic hydroxyl groups is 1. The maximum absolute atomic E-state index is 12.5. The number of carbonyl (C=O) groups excluding carboxylic acids is 1. The molecule has 1 amide bonds. The summed E-state index contributed by atoms with van der Waals surface area (Å²) in [5.74, 6) is -0.0549. The lowest BCUT2D eigenvalue weighted by Gasteiger charge is -2.32. The molecule has 1 aliphatic carbocycles. The molecule has 1 saturated carbocycles. The number of benzene rings is 1. The van der Waals surface area contributed by atoms with Gasteiger partial charge < -0.3 is 10.4 Å². The van der Waals surface area contributed by atoms with Crippen LogP contribution < -0.4 is 5.32 Å². The highest BCUT2D eigenvalue weighted by molar-refractivity contribution is 5.83. The minimum absolute atomic E-state index is 0.0549. The Morgan fingerprint density at radius 2 is 1.80 bits per heavy atom. The Labute approximate surface area is 121 Å². The zero-order valence-corrected chi connectivity index (χ0v) is 12.4. The van der Waals surface area contributed by atoms with Gasteiger partial charge in [-0.2, -0.15) is 0 Å². The molecule has 110 valence electrons. The van der Waals surface area contributed by atoms with E-state index in [4.69, 9.17) is 0 Å². The predicted octanol–water partition coefficient (Wildman–Crippen LogP) is 3.20. The van der Waals surface area contributed by atoms with Crippen LogP contribution in [0.4, 0.5) is 0 Å². The van der Waals surface area contributed by atoms with Crippen molar-refractivity contribution >= 4 is 5.91 Å². The summed E-state index contributed by atoms with van der Waals surface area (Å²) in [6, 6.07) is 9.67. The molecule has 0 spiro atoms. The van der Waals surface area contributed by atoms with Crippen LogP contribution in [-0.4, -0.2) is 17.1 Å². The maximum Gasteiger partial charge on any atom is 0.228 e. The standard InChI is InChI=1S/C17H25NO2/c1-17(2,15(19)13-9-5-3-6-10-13)16(20)18-14-11-7-4-8-12-14/h3,5-6,9-10,14-15,19H,4,7-8,11-12H2,1-2H3,(H,18,20)/t15-/m0/s1. The molecule has 1 atom stereocenters. The van der Waals surface area contributed by atoms with E-state index in [9.17, 15) is 9.90 Å². The van der Waals surface area contributed by atoms with Crippen molar-refractivity contribution in [3.05, 3.63) is 35.9 Å². The van der Waals surface area contributed by atoms with Gasteiger partial charge in [0.25, 0.3) is 0 Å². The molecule has 3 nitrogen and oxygen atoms in total. The van der Waals surface area contributed by atoms with E-state index in [1.165, 1.54) is 19.3 Å². The lowest BCUT2D eigenvalue weighted by atomic mass is 9.81. The van der Waals surface area contributed by atoms with E-state index in [0.717, 1.165) is 18.4 Å². The molecule has 0 saturated heterocycles. The molecule has 0 aromatic heterocycles. The van der Waals surface area contributed by atoms with Crippen LogP contribution in [0.2, 0.25) is 0 Å². The zero-order chi connectivity index (χ0) is 14.6. The minimum atomic E-state index is -0.821. The monoisotopic (exact) mass is 275 g/mol. The molecule has 1 aromatic carbocycles. The van der Waals surface area contributed by atoms with Crippen molar-refractivity contribution in [3.8, 4) is 0 Å². The van der Waals surface area contributed by atoms with E-state index >= 15 is 0 Å². The average molecular weight is 275 g/mol. The number of hydrogen-bond donors (Lipinski definition) is 2. The van der Waals surface area contributed by atoms with Crippen molar-refractivity contribution in [2.45, 2.75) is 58.1 Å². The first-order chi connectivity index (χ1) is 9.51. The van der Waals surface area contributed by atoms with Crippen molar-refractivity contribution in [2.24, 2.45) is 5.41 Å². The first kappa shape index (κ1) is 15.0. The molecule has 0 aliphatic heterocycles. The molecule has 0 radical (unpaired) electrons. The van der Waals surface area contributed by atoms with Crippen LogP contribution in [0.1, 0.15) is 57.6 Å². The van der Waals surface area contributed by atoms with Crippen LogP contribution in [0.5, 0.6) is 0 Å². The van der Waals surface area contributed by atoms with Crippen molar-refractivity contribution in [1.82, 2.24) is 5.32 Å². The largest absolute Gasteiger partial charge is 0.387 e. The molecule has 2 N–H and O–H groups in total. The Morgan fingerprint density at radius 1 is 1.20 bits per heavy atom. The van der Waals surface area contributed by atoms with Gasteiger partial charge in [0.2, 0.25) is 5.91 Å². The molecule has 1 aromatic rings. The Hall–Kier alpha value is -1.35. The van der Waals surface area contributed by atoms with Gasteiger partial charge in [-0.15, -0.1) is 0 Å². The summed E-state index contributed by atoms with van der Waals surface area (Å²) in [4.78, 5) is 12.5. The summed E-state index contributed by atoms with van der Waals surface area (Å²) in [6.45, 7) is 3.62. The van der Waals surface area contributed by atoms with Gasteiger partial charge >= 0.3 is 0 Å². The minimum Gasteiger partial charge on any atom is -0.387 e. The smallest absolute Gasteiger partial charge is 0.228 e. The molecule has 2 rings (SSSR count). The first-order valence-electron chi connectivity index (χ1n) is 7.56. The molecule has 0 heterocycles. The summed E-state index contributed by atoms with van der Waals surface area (Å²) in [5.41, 5.74) is -0.0324. The fourth-order valence-corrected chi connectivity index (χ4v) is 2.79. The second-order valence-corrected chi connectivity index (χ2v) is 6.34. The number of hydrogen-bond acceptors (Lipinski definition) is 2. The van der Waals surface area contributed by atoms with E-state index < -0.39 is 11.5 Å². The normalized spacial score (nSPS) is 18.6. The second-order valence-electron chi connectivity index (χ2n) is 6.34. The molecule has 1 fully saturated rings. The Morgan fingerprint density at radius 3 is 2.40 bits per heavy atom. The number of carbonyl (C=O) groups is 1. The van der Waals surface area contributed by atoms with Crippen molar-refractivity contribution in [3.63, 3.8) is 0 Å². The highest BCUT2D eigenvalue weighted by atomic mass is 16.3. The topological polar surface area (TPSA) is 49.3 Å². The molecule has 0 bridgehead atoms. The molecular weight excluding hydrogens is 250 g/mol. The lowest BCUT2D eigenvalue weighted by molar-refractivity contribution is -0.136. The second kappa shape index (κ2) is 6.40. The number of aliphatic hydroxyl groups excluding tert-OH is 1. The zero-order valence-electron chi connectivity index (χ0n) is 12.4. The molecule has 0 unspecified atom stereocenters. The van der Waals surface area contributed by atoms with E-state index in [0.29, 0.717) is 0 Å². The van der Waals surface area contributed by atoms with E-state index in [-0.39, 0.29) is 11.9 Å². The summed E-state index contributed by atoms with van der Waals surface area (Å²) < 4.78 is 0. The highest BCUT2D eigenvalue weighted by Gasteiger charge is 2.37. The van der Waals surface area contributed by atoms with Crippen LogP contribution in [0.3, 0.4) is 0 Å². The average Bonchev–Trinajstić information content (AvgIpc) is 2.48. The number of nitrogens with one attached hydrogen (secondary N) is 1. The summed E-state index contributed by atoms with van der Waals surface area (Å²) in [5, 5.41) is 13.6. The molecule has 1 aliphatic rings. The van der Waals surface area contributed by atoms with Gasteiger partial charge in [0.15, 0.2) is 0 Å². The predicted molar refractivity (Wildman–Crippen MR) is 80.2 cm³/mol. The van der Waals surface area contributed by atoms with E-state index in [2.05, 4.69) is 5.32 Å². The molecule has 3 heteroatoms. The van der Waals surface area contributed by atoms with Gasteiger partial charge in [0, 0.05) is 6.04 Å². The molecule has 20 heavy (non-hydrogen) atoms. The van der Waals surface area contributed by atoms with Crippen molar-refractivity contribution in [2.75, 3.05) is 0 Å². The number of rotatable bonds is 4. The first-order valence-corrected chi connectivity index (χ1v) is 7.56. The van der Waals surface area contributed by atoms with Gasteiger partial charge in [-0.05, 0) is 32.3 Å². The van der Waals surface area contributed by atoms with Gasteiger partial charge in [-0.1, -0.05) is 49.6 Å². The Bertz CT molecular complexity index is 436. The highest BCUT2D eigenvalue weighted by Crippen LogP contribution is 2.34. The summed E-state index contributed by atoms with van der Waals surface area (Å²) in [7, 11) is 0. The SMILES string of the molecule is CC(C)(C(=O)NC1CCCCC1)[C@@H](O)c1ccccc1. The van der Waals surface area contributed by atoms with Gasteiger partial charge in [0.1, 0.15) is 0 Å². The van der Waals surface area contributed by atoms with Crippen LogP contribution in [0, 0.1) is 5.41 Å². The third-order valence-corrected chi connectivity index (χ3v) is 4.32. The van der Waals surface area contributed by atoms with Crippen molar-refractivity contribution in [1.29, 1.82) is 0 Å². The summed E-state index contributed by atoms with van der Waals surface area (Å²) >= 11 is 0. The lowest BCUT2D eigenvalue weighted by Crippen LogP contribution is -2.46. The Balaban J connectivity index is 2.02. The van der Waals surface area contributed by atoms with Gasteiger partial charge in [0.05, 0.1) is 11.5 Å². The summed E-state index contributed by atoms with van der Waals surface area (Å²) in [6.07, 6.45) is 4.97. The van der Waals surface area contributed by atoms with Crippen LogP contribution in [0.25, 0.3) is 0 Å². The Kier molecular flexibility index (Phi) is 4.81. The van der Waals surface area contributed by atoms with Crippen LogP contribution in [-0.2, 0) is 4.79 Å². The quantitative estimate of drug-likeness (QED) is 0.886. The van der Waals surface area contributed by atoms with E-state index in [1.54, 1.807) is 0 Å². The van der Waals surface area contributed by atoms with Crippen molar-refractivity contribution < 1.29 is 9.90 Å². The third kappa shape index (κ3) is 3.40. The van der Waals surface area contributed by atoms with Crippen LogP contribution >= 0.6 is 0 Å². The maximum atomic E-state index is 12.5. The molecular formula is C17H25NO2. The van der Waals surface area contributed by atoms with Gasteiger partial charge in [-0.25, -0.2) is 0 Å². The fraction of sp³-hybridized carbons (Fsp3) is 0.588. The van der Waals surface area contributed by atoms with Crippen LogP contribution in [0.15, 0.2) is 30.3 Å². The number of amides is 1. The van der Waals surface area contributed by atoms with Gasteiger partial charge in [-0.3, -0.25) is 4.79 Å². The van der Waals surface area contributed by atoms with E-state index in [1.807, 2.05) is 44.2 Å².